The van der Waals surface area contributed by atoms with Gasteiger partial charge in [0.1, 0.15) is 0 Å². The Kier molecular flexibility index (Phi) is 2.83. The Morgan fingerprint density at radius 3 is 2.67 bits per heavy atom. The Hall–Kier alpha value is -2.03. The molecule has 0 aromatic carbocycles. The Bertz CT molecular complexity index is 440. The molecule has 0 aliphatic heterocycles. The summed E-state index contributed by atoms with van der Waals surface area (Å²) < 4.78 is 1.84. The average molecular weight is 199 g/mol. The molecule has 0 saturated carbocycles. The van der Waals surface area contributed by atoms with Crippen LogP contribution in [0.4, 0.5) is 0 Å². The second-order valence-electron chi connectivity index (χ2n) is 3.21. The summed E-state index contributed by atoms with van der Waals surface area (Å²) >= 11 is 0. The highest BCUT2D eigenvalue weighted by molar-refractivity contribution is 5.94. The molecule has 0 unspecified atom stereocenters. The number of carbonyl (C=O) groups is 1. The maximum atomic E-state index is 11.8. The summed E-state index contributed by atoms with van der Waals surface area (Å²) in [5.74, 6) is 0.0688. The van der Waals surface area contributed by atoms with E-state index in [0.717, 1.165) is 0 Å². The summed E-state index contributed by atoms with van der Waals surface area (Å²) in [5, 5.41) is 0. The van der Waals surface area contributed by atoms with E-state index in [1.54, 1.807) is 24.5 Å². The highest BCUT2D eigenvalue weighted by Gasteiger charge is 2.10. The third-order valence-corrected chi connectivity index (χ3v) is 2.09. The van der Waals surface area contributed by atoms with Gasteiger partial charge in [0.15, 0.2) is 12.4 Å². The van der Waals surface area contributed by atoms with Crippen molar-refractivity contribution in [3.63, 3.8) is 0 Å². The van der Waals surface area contributed by atoms with Crippen LogP contribution in [-0.4, -0.2) is 10.8 Å². The molecule has 0 aliphatic rings. The Morgan fingerprint density at radius 1 is 1.20 bits per heavy atom. The molecule has 0 amide bonds. The lowest BCUT2D eigenvalue weighted by Crippen LogP contribution is -2.36. The molecular weight excluding hydrogens is 188 g/mol. The van der Waals surface area contributed by atoms with Crippen molar-refractivity contribution >= 4 is 5.78 Å². The van der Waals surface area contributed by atoms with Crippen LogP contribution in [0.1, 0.15) is 10.4 Å². The fraction of sp³-hybridized carbons (Fsp3) is 0.0833. The third kappa shape index (κ3) is 2.47. The van der Waals surface area contributed by atoms with Gasteiger partial charge in [0.25, 0.3) is 0 Å². The molecule has 0 aliphatic carbocycles. The quantitative estimate of drug-likeness (QED) is 0.550. The molecule has 0 atom stereocenters. The third-order valence-electron chi connectivity index (χ3n) is 2.09. The van der Waals surface area contributed by atoms with Crippen LogP contribution in [-0.2, 0) is 6.54 Å². The molecule has 2 heterocycles. The SMILES string of the molecule is O=C(C[n+]1ccccc1)c1cccnc1. The molecule has 0 saturated heterocycles. The summed E-state index contributed by atoms with van der Waals surface area (Å²) in [4.78, 5) is 15.7. The molecule has 15 heavy (non-hydrogen) atoms. The van der Waals surface area contributed by atoms with E-state index in [9.17, 15) is 4.79 Å². The largest absolute Gasteiger partial charge is 0.287 e. The van der Waals surface area contributed by atoms with Gasteiger partial charge in [-0.1, -0.05) is 6.07 Å². The van der Waals surface area contributed by atoms with Gasteiger partial charge in [-0.05, 0) is 12.1 Å². The summed E-state index contributed by atoms with van der Waals surface area (Å²) in [6, 6.07) is 9.26. The number of nitrogens with zero attached hydrogens (tertiary/aromatic N) is 2. The van der Waals surface area contributed by atoms with Crippen LogP contribution >= 0.6 is 0 Å². The van der Waals surface area contributed by atoms with Crippen molar-refractivity contribution < 1.29 is 9.36 Å². The first-order valence-electron chi connectivity index (χ1n) is 4.73. The average Bonchev–Trinajstić information content (AvgIpc) is 2.31. The van der Waals surface area contributed by atoms with Gasteiger partial charge in [-0.3, -0.25) is 9.78 Å². The maximum absolute atomic E-state index is 11.8. The minimum absolute atomic E-state index is 0.0688. The van der Waals surface area contributed by atoms with E-state index in [2.05, 4.69) is 4.98 Å². The van der Waals surface area contributed by atoms with Gasteiger partial charge < -0.3 is 0 Å². The fourth-order valence-corrected chi connectivity index (χ4v) is 1.32. The van der Waals surface area contributed by atoms with Crippen molar-refractivity contribution in [1.82, 2.24) is 4.98 Å². The highest BCUT2D eigenvalue weighted by atomic mass is 16.1. The number of pyridine rings is 2. The number of Topliss-reactive ketones (excluding diaryl/α,β-unsaturated/α-hetero) is 1. The molecule has 0 radical (unpaired) electrons. The first-order valence-corrected chi connectivity index (χ1v) is 4.73. The predicted octanol–water partition coefficient (Wildman–Crippen LogP) is 1.25. The standard InChI is InChI=1S/C12H11N2O/c15-12(11-5-4-6-13-9-11)10-14-7-2-1-3-8-14/h1-9H,10H2/q+1. The molecule has 0 bridgehead atoms. The van der Waals surface area contributed by atoms with Crippen molar-refractivity contribution in [1.29, 1.82) is 0 Å². The number of carbonyl (C=O) groups excluding carboxylic acids is 1. The molecule has 2 aromatic heterocycles. The van der Waals surface area contributed by atoms with Gasteiger partial charge in [-0.25, -0.2) is 0 Å². The fourth-order valence-electron chi connectivity index (χ4n) is 1.32. The van der Waals surface area contributed by atoms with Crippen LogP contribution < -0.4 is 4.57 Å². The molecule has 0 N–H and O–H groups in total. The smallest absolute Gasteiger partial charge is 0.229 e. The van der Waals surface area contributed by atoms with Crippen LogP contribution in [0.5, 0.6) is 0 Å². The van der Waals surface area contributed by atoms with Gasteiger partial charge >= 0.3 is 0 Å². The van der Waals surface area contributed by atoms with Gasteiger partial charge in [0.05, 0.1) is 0 Å². The van der Waals surface area contributed by atoms with E-state index in [0.29, 0.717) is 12.1 Å². The van der Waals surface area contributed by atoms with Crippen molar-refractivity contribution in [2.45, 2.75) is 6.54 Å². The van der Waals surface area contributed by atoms with Gasteiger partial charge in [0.2, 0.25) is 12.3 Å². The lowest BCUT2D eigenvalue weighted by Gasteiger charge is -1.96. The molecule has 2 rings (SSSR count). The lowest BCUT2D eigenvalue weighted by molar-refractivity contribution is -0.683. The monoisotopic (exact) mass is 199 g/mol. The van der Waals surface area contributed by atoms with Crippen LogP contribution in [0.15, 0.2) is 55.1 Å². The normalized spacial score (nSPS) is 9.87. The molecule has 3 nitrogen and oxygen atoms in total. The van der Waals surface area contributed by atoms with E-state index < -0.39 is 0 Å². The lowest BCUT2D eigenvalue weighted by atomic mass is 10.2. The zero-order valence-electron chi connectivity index (χ0n) is 8.21. The van der Waals surface area contributed by atoms with Crippen molar-refractivity contribution in [3.05, 3.63) is 60.7 Å². The number of hydrogen-bond acceptors (Lipinski definition) is 2. The number of hydrogen-bond donors (Lipinski definition) is 0. The Morgan fingerprint density at radius 2 is 2.00 bits per heavy atom. The minimum atomic E-state index is 0.0688. The summed E-state index contributed by atoms with van der Waals surface area (Å²) in [5.41, 5.74) is 0.647. The van der Waals surface area contributed by atoms with E-state index in [-0.39, 0.29) is 5.78 Å². The highest BCUT2D eigenvalue weighted by Crippen LogP contribution is 1.96. The maximum Gasteiger partial charge on any atom is 0.229 e. The topological polar surface area (TPSA) is 33.8 Å². The number of rotatable bonds is 3. The minimum Gasteiger partial charge on any atom is -0.287 e. The predicted molar refractivity (Wildman–Crippen MR) is 55.2 cm³/mol. The Balaban J connectivity index is 2.12. The van der Waals surface area contributed by atoms with Crippen LogP contribution in [0.25, 0.3) is 0 Å². The number of aromatic nitrogens is 2. The summed E-state index contributed by atoms with van der Waals surface area (Å²) in [7, 11) is 0. The van der Waals surface area contributed by atoms with E-state index in [1.807, 2.05) is 35.2 Å². The van der Waals surface area contributed by atoms with E-state index in [4.69, 9.17) is 0 Å². The molecule has 2 aromatic rings. The molecule has 0 fully saturated rings. The van der Waals surface area contributed by atoms with Crippen LogP contribution in [0.3, 0.4) is 0 Å². The van der Waals surface area contributed by atoms with Gasteiger partial charge in [-0.15, -0.1) is 0 Å². The first-order chi connectivity index (χ1) is 7.36. The molecular formula is C12H11N2O+. The first kappa shape index (κ1) is 9.52. The Labute approximate surface area is 88.0 Å². The second kappa shape index (κ2) is 4.46. The summed E-state index contributed by atoms with van der Waals surface area (Å²) in [6.45, 7) is 0.354. The van der Waals surface area contributed by atoms with Crippen molar-refractivity contribution in [2.24, 2.45) is 0 Å². The zero-order chi connectivity index (χ0) is 10.5. The van der Waals surface area contributed by atoms with E-state index >= 15 is 0 Å². The van der Waals surface area contributed by atoms with Crippen LogP contribution in [0.2, 0.25) is 0 Å². The molecule has 3 heteroatoms. The summed E-state index contributed by atoms with van der Waals surface area (Å²) in [6.07, 6.45) is 6.99. The van der Waals surface area contributed by atoms with Gasteiger partial charge in [0, 0.05) is 30.1 Å². The number of ketones is 1. The zero-order valence-corrected chi connectivity index (χ0v) is 8.21. The molecule has 74 valence electrons. The van der Waals surface area contributed by atoms with Crippen molar-refractivity contribution in [2.75, 3.05) is 0 Å². The van der Waals surface area contributed by atoms with Gasteiger partial charge in [-0.2, -0.15) is 4.57 Å². The van der Waals surface area contributed by atoms with Crippen LogP contribution in [0, 0.1) is 0 Å². The second-order valence-corrected chi connectivity index (χ2v) is 3.21. The van der Waals surface area contributed by atoms with Crippen molar-refractivity contribution in [3.8, 4) is 0 Å². The van der Waals surface area contributed by atoms with E-state index in [1.165, 1.54) is 0 Å². The molecule has 0 spiro atoms.